The van der Waals surface area contributed by atoms with E-state index in [-0.39, 0.29) is 0 Å². The van der Waals surface area contributed by atoms with Gasteiger partial charge in [-0.1, -0.05) is 26.0 Å². The largest absolute Gasteiger partial charge is 0.455 e. The van der Waals surface area contributed by atoms with E-state index in [9.17, 15) is 0 Å². The Morgan fingerprint density at radius 2 is 1.95 bits per heavy atom. The molecule has 2 aromatic heterocycles. The lowest BCUT2D eigenvalue weighted by Crippen LogP contribution is -1.92. The summed E-state index contributed by atoms with van der Waals surface area (Å²) in [5, 5.41) is 0. The van der Waals surface area contributed by atoms with Crippen molar-refractivity contribution in [3.05, 3.63) is 58.8 Å². The van der Waals surface area contributed by atoms with Crippen LogP contribution in [0.4, 0.5) is 0 Å². The van der Waals surface area contributed by atoms with Gasteiger partial charge < -0.3 is 4.74 Å². The van der Waals surface area contributed by atoms with Crippen LogP contribution in [-0.2, 0) is 0 Å². The maximum Gasteiger partial charge on any atom is 0.156 e. The number of ether oxygens (including phenoxy) is 1. The van der Waals surface area contributed by atoms with E-state index in [0.29, 0.717) is 11.7 Å². The summed E-state index contributed by atoms with van der Waals surface area (Å²) in [5.74, 6) is 2.00. The monoisotopic (exact) mass is 342 g/mol. The lowest BCUT2D eigenvalue weighted by Gasteiger charge is -2.11. The Bertz CT molecular complexity index is 787. The van der Waals surface area contributed by atoms with Gasteiger partial charge in [0.15, 0.2) is 5.75 Å². The zero-order valence-corrected chi connectivity index (χ0v) is 13.5. The van der Waals surface area contributed by atoms with Crippen LogP contribution in [0.25, 0.3) is 11.0 Å². The van der Waals surface area contributed by atoms with Crippen LogP contribution in [0.15, 0.2) is 53.3 Å². The fourth-order valence-electron chi connectivity index (χ4n) is 2.13. The number of fused-ring (bicyclic) bond motifs is 1. The molecule has 0 unspecified atom stereocenters. The first-order chi connectivity index (χ1) is 10.1. The first kappa shape index (κ1) is 14.0. The third-order valence-corrected chi connectivity index (χ3v) is 3.69. The molecule has 0 saturated carbocycles. The van der Waals surface area contributed by atoms with Crippen LogP contribution in [0.3, 0.4) is 0 Å². The lowest BCUT2D eigenvalue weighted by atomic mass is 10.0. The molecule has 3 aromatic rings. The molecule has 0 bridgehead atoms. The van der Waals surface area contributed by atoms with Crippen molar-refractivity contribution < 1.29 is 4.74 Å². The summed E-state index contributed by atoms with van der Waals surface area (Å²) < 4.78 is 6.91. The molecule has 0 N–H and O–H groups in total. The number of hydrogen-bond acceptors (Lipinski definition) is 3. The molecule has 4 heteroatoms. The van der Waals surface area contributed by atoms with Crippen molar-refractivity contribution in [1.82, 2.24) is 9.97 Å². The second kappa shape index (κ2) is 5.82. The molecule has 3 nitrogen and oxygen atoms in total. The first-order valence-corrected chi connectivity index (χ1v) is 7.61. The van der Waals surface area contributed by atoms with Crippen molar-refractivity contribution in [2.24, 2.45) is 0 Å². The minimum atomic E-state index is 0.469. The second-order valence-electron chi connectivity index (χ2n) is 5.16. The standard InChI is InChI=1S/C17H15BrN2O/c1-11(2)12-4-3-5-14(8-12)21-16-6-7-19-15-9-13(18)10-20-17(15)16/h3-11H,1-2H3. The third-order valence-electron chi connectivity index (χ3n) is 3.26. The van der Waals surface area contributed by atoms with Crippen molar-refractivity contribution in [2.45, 2.75) is 19.8 Å². The van der Waals surface area contributed by atoms with E-state index in [0.717, 1.165) is 21.3 Å². The molecule has 0 saturated heterocycles. The number of hydrogen-bond donors (Lipinski definition) is 0. The van der Waals surface area contributed by atoms with Crippen molar-refractivity contribution >= 4 is 27.0 Å². The number of nitrogens with zero attached hydrogens (tertiary/aromatic N) is 2. The van der Waals surface area contributed by atoms with Gasteiger partial charge in [0, 0.05) is 22.9 Å². The van der Waals surface area contributed by atoms with Crippen LogP contribution in [0.5, 0.6) is 11.5 Å². The number of halogens is 1. The van der Waals surface area contributed by atoms with Gasteiger partial charge in [-0.25, -0.2) is 4.98 Å². The Morgan fingerprint density at radius 3 is 2.76 bits per heavy atom. The van der Waals surface area contributed by atoms with Gasteiger partial charge in [-0.2, -0.15) is 0 Å². The average molecular weight is 343 g/mol. The minimum Gasteiger partial charge on any atom is -0.455 e. The highest BCUT2D eigenvalue weighted by Gasteiger charge is 2.07. The summed E-state index contributed by atoms with van der Waals surface area (Å²) in [5.41, 5.74) is 2.82. The normalized spacial score (nSPS) is 11.0. The van der Waals surface area contributed by atoms with Crippen molar-refractivity contribution in [3.8, 4) is 11.5 Å². The van der Waals surface area contributed by atoms with Crippen LogP contribution in [-0.4, -0.2) is 9.97 Å². The van der Waals surface area contributed by atoms with Gasteiger partial charge in [-0.3, -0.25) is 4.98 Å². The quantitative estimate of drug-likeness (QED) is 0.647. The molecule has 0 spiro atoms. The fraction of sp³-hybridized carbons (Fsp3) is 0.176. The molecule has 0 radical (unpaired) electrons. The van der Waals surface area contributed by atoms with Crippen LogP contribution < -0.4 is 4.74 Å². The second-order valence-corrected chi connectivity index (χ2v) is 6.08. The van der Waals surface area contributed by atoms with E-state index in [2.05, 4.69) is 51.9 Å². The number of rotatable bonds is 3. The highest BCUT2D eigenvalue weighted by Crippen LogP contribution is 2.29. The van der Waals surface area contributed by atoms with E-state index >= 15 is 0 Å². The topological polar surface area (TPSA) is 35.0 Å². The lowest BCUT2D eigenvalue weighted by molar-refractivity contribution is 0.485. The van der Waals surface area contributed by atoms with E-state index in [1.54, 1.807) is 12.4 Å². The Balaban J connectivity index is 2.00. The molecule has 0 aliphatic carbocycles. The van der Waals surface area contributed by atoms with Gasteiger partial charge in [0.05, 0.1) is 5.52 Å². The number of aromatic nitrogens is 2. The molecule has 1 aromatic carbocycles. The van der Waals surface area contributed by atoms with Crippen LogP contribution in [0.1, 0.15) is 25.3 Å². The zero-order valence-electron chi connectivity index (χ0n) is 11.9. The van der Waals surface area contributed by atoms with Gasteiger partial charge in [0.2, 0.25) is 0 Å². The summed E-state index contributed by atoms with van der Waals surface area (Å²) in [7, 11) is 0. The molecule has 2 heterocycles. The summed E-state index contributed by atoms with van der Waals surface area (Å²) in [4.78, 5) is 8.72. The molecular formula is C17H15BrN2O. The van der Waals surface area contributed by atoms with E-state index < -0.39 is 0 Å². The number of pyridine rings is 2. The maximum atomic E-state index is 6.00. The Hall–Kier alpha value is -1.94. The number of benzene rings is 1. The maximum absolute atomic E-state index is 6.00. The summed E-state index contributed by atoms with van der Waals surface area (Å²) >= 11 is 3.41. The molecule has 0 amide bonds. The van der Waals surface area contributed by atoms with E-state index in [4.69, 9.17) is 4.74 Å². The SMILES string of the molecule is CC(C)c1cccc(Oc2ccnc3cc(Br)cnc23)c1. The van der Waals surface area contributed by atoms with Gasteiger partial charge in [0.1, 0.15) is 11.3 Å². The van der Waals surface area contributed by atoms with Crippen LogP contribution >= 0.6 is 15.9 Å². The Morgan fingerprint density at radius 1 is 1.10 bits per heavy atom. The molecule has 21 heavy (non-hydrogen) atoms. The zero-order chi connectivity index (χ0) is 14.8. The van der Waals surface area contributed by atoms with Crippen LogP contribution in [0.2, 0.25) is 0 Å². The highest BCUT2D eigenvalue weighted by molar-refractivity contribution is 9.10. The van der Waals surface area contributed by atoms with Gasteiger partial charge >= 0.3 is 0 Å². The first-order valence-electron chi connectivity index (χ1n) is 6.81. The predicted molar refractivity (Wildman–Crippen MR) is 87.8 cm³/mol. The Labute approximate surface area is 132 Å². The van der Waals surface area contributed by atoms with E-state index in [1.165, 1.54) is 5.56 Å². The summed E-state index contributed by atoms with van der Waals surface area (Å²) in [6.45, 7) is 4.33. The fourth-order valence-corrected chi connectivity index (χ4v) is 2.45. The molecule has 0 atom stereocenters. The molecular weight excluding hydrogens is 328 g/mol. The minimum absolute atomic E-state index is 0.469. The summed E-state index contributed by atoms with van der Waals surface area (Å²) in [6, 6.07) is 11.9. The Kier molecular flexibility index (Phi) is 3.88. The molecule has 106 valence electrons. The average Bonchev–Trinajstić information content (AvgIpc) is 2.47. The van der Waals surface area contributed by atoms with Crippen molar-refractivity contribution in [2.75, 3.05) is 0 Å². The van der Waals surface area contributed by atoms with Crippen molar-refractivity contribution in [3.63, 3.8) is 0 Å². The highest BCUT2D eigenvalue weighted by atomic mass is 79.9. The summed E-state index contributed by atoms with van der Waals surface area (Å²) in [6.07, 6.45) is 3.49. The van der Waals surface area contributed by atoms with E-state index in [1.807, 2.05) is 24.3 Å². The molecule has 0 aliphatic heterocycles. The molecule has 0 fully saturated rings. The van der Waals surface area contributed by atoms with Gasteiger partial charge in [0.25, 0.3) is 0 Å². The van der Waals surface area contributed by atoms with Gasteiger partial charge in [-0.15, -0.1) is 0 Å². The van der Waals surface area contributed by atoms with Crippen molar-refractivity contribution in [1.29, 1.82) is 0 Å². The molecule has 0 aliphatic rings. The third kappa shape index (κ3) is 3.05. The molecule has 3 rings (SSSR count). The smallest absolute Gasteiger partial charge is 0.156 e. The van der Waals surface area contributed by atoms with Crippen LogP contribution in [0, 0.1) is 0 Å². The van der Waals surface area contributed by atoms with Gasteiger partial charge in [-0.05, 0) is 45.6 Å². The predicted octanol–water partition coefficient (Wildman–Crippen LogP) is 5.31.